The number of hydrogen-bond donors (Lipinski definition) is 3. The molecule has 0 aliphatic carbocycles. The van der Waals surface area contributed by atoms with Crippen molar-refractivity contribution in [1.82, 2.24) is 35.2 Å². The zero-order chi connectivity index (χ0) is 29.1. The highest BCUT2D eigenvalue weighted by molar-refractivity contribution is 5.89. The second kappa shape index (κ2) is 11.3. The minimum atomic E-state index is -1.40. The van der Waals surface area contributed by atoms with Crippen LogP contribution in [-0.4, -0.2) is 46.2 Å². The Hall–Kier alpha value is -4.84. The zero-order valence-corrected chi connectivity index (χ0v) is 23.3. The van der Waals surface area contributed by atoms with E-state index in [2.05, 4.69) is 30.6 Å². The number of esters is 1. The van der Waals surface area contributed by atoms with Gasteiger partial charge in [-0.2, -0.15) is 5.21 Å². The molecule has 2 aromatic carbocycles. The van der Waals surface area contributed by atoms with Gasteiger partial charge in [-0.05, 0) is 49.1 Å². The fraction of sp³-hybridized carbons (Fsp3) is 0.310. The van der Waals surface area contributed by atoms with Crippen molar-refractivity contribution < 1.29 is 19.1 Å². The SMILES string of the molecule is CCCc1nc(C(C)(C)O)c(C(=O)OCc2oc(=O)[nH]c2C)n1Cc1ccc(-c2ccccc2-c2nn[nH]n2)cc1. The van der Waals surface area contributed by atoms with E-state index < -0.39 is 17.3 Å². The summed E-state index contributed by atoms with van der Waals surface area (Å²) < 4.78 is 12.4. The third-order valence-corrected chi connectivity index (χ3v) is 6.67. The fourth-order valence-corrected chi connectivity index (χ4v) is 4.67. The topological polar surface area (TPSA) is 165 Å². The third kappa shape index (κ3) is 5.87. The number of carbonyl (C=O) groups excluding carboxylic acids is 1. The Labute approximate surface area is 235 Å². The number of benzene rings is 2. The summed E-state index contributed by atoms with van der Waals surface area (Å²) in [4.78, 5) is 32.2. The molecule has 5 rings (SSSR count). The van der Waals surface area contributed by atoms with Crippen LogP contribution in [0.15, 0.2) is 57.7 Å². The highest BCUT2D eigenvalue weighted by Crippen LogP contribution is 2.31. The van der Waals surface area contributed by atoms with Crippen LogP contribution in [0, 0.1) is 6.92 Å². The van der Waals surface area contributed by atoms with E-state index in [1.165, 1.54) is 0 Å². The Balaban J connectivity index is 1.48. The molecule has 0 unspecified atom stereocenters. The Morgan fingerprint density at radius 1 is 1.12 bits per heavy atom. The van der Waals surface area contributed by atoms with Gasteiger partial charge in [0, 0.05) is 18.5 Å². The van der Waals surface area contributed by atoms with Gasteiger partial charge in [0.2, 0.25) is 5.82 Å². The summed E-state index contributed by atoms with van der Waals surface area (Å²) in [6.45, 7) is 6.93. The number of nitrogens with one attached hydrogen (secondary N) is 2. The van der Waals surface area contributed by atoms with Gasteiger partial charge in [0.1, 0.15) is 17.1 Å². The van der Waals surface area contributed by atoms with Gasteiger partial charge in [-0.1, -0.05) is 55.5 Å². The molecular formula is C29H31N7O5. The molecule has 3 aromatic heterocycles. The molecular weight excluding hydrogens is 526 g/mol. The number of aryl methyl sites for hydroxylation is 2. The lowest BCUT2D eigenvalue weighted by molar-refractivity contribution is 0.0395. The molecule has 212 valence electrons. The maximum atomic E-state index is 13.5. The highest BCUT2D eigenvalue weighted by Gasteiger charge is 2.32. The van der Waals surface area contributed by atoms with Crippen molar-refractivity contribution >= 4 is 5.97 Å². The number of H-pyrrole nitrogens is 2. The van der Waals surface area contributed by atoms with Gasteiger partial charge in [-0.15, -0.1) is 10.2 Å². The maximum absolute atomic E-state index is 13.5. The van der Waals surface area contributed by atoms with Crippen LogP contribution < -0.4 is 5.76 Å². The van der Waals surface area contributed by atoms with Crippen LogP contribution in [0.25, 0.3) is 22.5 Å². The zero-order valence-electron chi connectivity index (χ0n) is 23.3. The molecule has 0 amide bonds. The Bertz CT molecular complexity index is 1710. The summed E-state index contributed by atoms with van der Waals surface area (Å²) in [5.41, 5.74) is 3.15. The van der Waals surface area contributed by atoms with Gasteiger partial charge in [-0.25, -0.2) is 14.6 Å². The first-order valence-electron chi connectivity index (χ1n) is 13.3. The second-order valence-corrected chi connectivity index (χ2v) is 10.2. The van der Waals surface area contributed by atoms with Crippen molar-refractivity contribution in [2.75, 3.05) is 0 Å². The first kappa shape index (κ1) is 27.7. The lowest BCUT2D eigenvalue weighted by Crippen LogP contribution is -2.23. The number of carbonyl (C=O) groups is 1. The normalized spacial score (nSPS) is 11.6. The van der Waals surface area contributed by atoms with Gasteiger partial charge in [0.05, 0.1) is 5.69 Å². The van der Waals surface area contributed by atoms with Crippen molar-refractivity contribution in [1.29, 1.82) is 0 Å². The number of hydrogen-bond acceptors (Lipinski definition) is 9. The number of nitrogens with zero attached hydrogens (tertiary/aromatic N) is 5. The number of oxazole rings is 1. The summed E-state index contributed by atoms with van der Waals surface area (Å²) in [7, 11) is 0. The van der Waals surface area contributed by atoms with Crippen LogP contribution in [0.4, 0.5) is 0 Å². The van der Waals surface area contributed by atoms with E-state index in [0.29, 0.717) is 30.3 Å². The fourth-order valence-electron chi connectivity index (χ4n) is 4.67. The molecule has 12 heteroatoms. The number of rotatable bonds is 10. The minimum absolute atomic E-state index is 0.156. The van der Waals surface area contributed by atoms with Gasteiger partial charge in [0.15, 0.2) is 18.1 Å². The molecule has 12 nitrogen and oxygen atoms in total. The van der Waals surface area contributed by atoms with Crippen LogP contribution >= 0.6 is 0 Å². The lowest BCUT2D eigenvalue weighted by atomic mass is 9.98. The highest BCUT2D eigenvalue weighted by atomic mass is 16.5. The molecule has 0 saturated carbocycles. The summed E-state index contributed by atoms with van der Waals surface area (Å²) >= 11 is 0. The van der Waals surface area contributed by atoms with Crippen LogP contribution in [0.3, 0.4) is 0 Å². The van der Waals surface area contributed by atoms with Crippen molar-refractivity contribution in [3.63, 3.8) is 0 Å². The van der Waals surface area contributed by atoms with Gasteiger partial charge < -0.3 is 18.8 Å². The van der Waals surface area contributed by atoms with Crippen LogP contribution in [0.1, 0.15) is 66.2 Å². The molecule has 0 fully saturated rings. The Morgan fingerprint density at radius 3 is 2.46 bits per heavy atom. The molecule has 0 aliphatic rings. The number of tetrazole rings is 1. The third-order valence-electron chi connectivity index (χ3n) is 6.67. The number of ether oxygens (including phenoxy) is 1. The van der Waals surface area contributed by atoms with E-state index in [-0.39, 0.29) is 23.8 Å². The summed E-state index contributed by atoms with van der Waals surface area (Å²) in [5.74, 6) is 0.0936. The van der Waals surface area contributed by atoms with Gasteiger partial charge in [0.25, 0.3) is 0 Å². The minimum Gasteiger partial charge on any atom is -0.453 e. The van der Waals surface area contributed by atoms with Crippen LogP contribution in [0.5, 0.6) is 0 Å². The summed E-state index contributed by atoms with van der Waals surface area (Å²) in [6.07, 6.45) is 1.38. The average molecular weight is 558 g/mol. The van der Waals surface area contributed by atoms with E-state index in [1.807, 2.05) is 55.5 Å². The van der Waals surface area contributed by atoms with Crippen molar-refractivity contribution in [3.8, 4) is 22.5 Å². The lowest BCUT2D eigenvalue weighted by Gasteiger charge is -2.18. The van der Waals surface area contributed by atoms with Gasteiger partial charge in [-0.3, -0.25) is 4.98 Å². The Morgan fingerprint density at radius 2 is 1.85 bits per heavy atom. The van der Waals surface area contributed by atoms with Crippen molar-refractivity contribution in [3.05, 3.63) is 93.3 Å². The molecule has 0 bridgehead atoms. The van der Waals surface area contributed by atoms with Gasteiger partial charge >= 0.3 is 11.7 Å². The largest absolute Gasteiger partial charge is 0.453 e. The molecule has 0 atom stereocenters. The predicted octanol–water partition coefficient (Wildman–Crippen LogP) is 3.91. The molecule has 0 radical (unpaired) electrons. The monoisotopic (exact) mass is 557 g/mol. The van der Waals surface area contributed by atoms with E-state index >= 15 is 0 Å². The van der Waals surface area contributed by atoms with E-state index in [9.17, 15) is 14.7 Å². The number of aromatic amines is 2. The molecule has 41 heavy (non-hydrogen) atoms. The van der Waals surface area contributed by atoms with E-state index in [4.69, 9.17) is 9.15 Å². The average Bonchev–Trinajstić information content (AvgIpc) is 3.67. The van der Waals surface area contributed by atoms with Crippen LogP contribution in [-0.2, 0) is 29.9 Å². The smallest absolute Gasteiger partial charge is 0.416 e. The van der Waals surface area contributed by atoms with Crippen molar-refractivity contribution in [2.45, 2.75) is 59.3 Å². The quantitative estimate of drug-likeness (QED) is 0.216. The number of aromatic nitrogens is 7. The molecule has 0 aliphatic heterocycles. The number of imidazole rings is 1. The Kier molecular flexibility index (Phi) is 7.66. The molecule has 3 heterocycles. The summed E-state index contributed by atoms with van der Waals surface area (Å²) in [6, 6.07) is 15.8. The second-order valence-electron chi connectivity index (χ2n) is 10.2. The maximum Gasteiger partial charge on any atom is 0.416 e. The van der Waals surface area contributed by atoms with Crippen molar-refractivity contribution in [2.24, 2.45) is 0 Å². The molecule has 3 N–H and O–H groups in total. The standard InChI is InChI=1S/C29H31N7O5/c1-5-8-23-31-25(29(3,4)39)24(27(37)40-16-22-17(2)30-28(38)41-22)36(23)15-18-11-13-19(14-12-18)20-9-6-7-10-21(20)26-32-34-35-33-26/h6-7,9-14,39H,5,8,15-16H2,1-4H3,(H,30,38)(H,32,33,34,35). The van der Waals surface area contributed by atoms with E-state index in [1.54, 1.807) is 25.3 Å². The first-order valence-corrected chi connectivity index (χ1v) is 13.3. The summed E-state index contributed by atoms with van der Waals surface area (Å²) in [5, 5.41) is 25.3. The molecule has 0 spiro atoms. The predicted molar refractivity (Wildman–Crippen MR) is 149 cm³/mol. The van der Waals surface area contributed by atoms with Crippen LogP contribution in [0.2, 0.25) is 0 Å². The first-order chi connectivity index (χ1) is 19.7. The molecule has 0 saturated heterocycles. The number of aliphatic hydroxyl groups is 1. The van der Waals surface area contributed by atoms with E-state index in [0.717, 1.165) is 28.7 Å². The molecule has 5 aromatic rings.